The summed E-state index contributed by atoms with van der Waals surface area (Å²) >= 11 is 0. The summed E-state index contributed by atoms with van der Waals surface area (Å²) in [4.78, 5) is 15.4. The topological polar surface area (TPSA) is 59.4 Å². The van der Waals surface area contributed by atoms with Crippen LogP contribution in [0.1, 0.15) is 68.6 Å². The van der Waals surface area contributed by atoms with Crippen LogP contribution in [-0.4, -0.2) is 28.6 Å². The summed E-state index contributed by atoms with van der Waals surface area (Å²) < 4.78 is 5.92. The molecular formula is C19H29NO3. The third-order valence-electron chi connectivity index (χ3n) is 5.05. The Morgan fingerprint density at radius 1 is 1.39 bits per heavy atom. The van der Waals surface area contributed by atoms with E-state index in [4.69, 9.17) is 4.74 Å². The van der Waals surface area contributed by atoms with Gasteiger partial charge in [0.25, 0.3) is 0 Å². The molecule has 0 aromatic carbocycles. The number of aryl methyl sites for hydroxylation is 1. The molecule has 0 radical (unpaired) electrons. The minimum absolute atomic E-state index is 0.259. The summed E-state index contributed by atoms with van der Waals surface area (Å²) in [5.74, 6) is 1.13. The van der Waals surface area contributed by atoms with E-state index in [1.54, 1.807) is 0 Å². The highest BCUT2D eigenvalue weighted by Crippen LogP contribution is 2.39. The van der Waals surface area contributed by atoms with Crippen molar-refractivity contribution in [3.63, 3.8) is 0 Å². The van der Waals surface area contributed by atoms with E-state index >= 15 is 0 Å². The number of rotatable bonds is 7. The predicted octanol–water partition coefficient (Wildman–Crippen LogP) is 3.94. The van der Waals surface area contributed by atoms with E-state index in [0.717, 1.165) is 37.7 Å². The highest BCUT2D eigenvalue weighted by atomic mass is 16.5. The zero-order chi connectivity index (χ0) is 16.9. The molecule has 128 valence electrons. The summed E-state index contributed by atoms with van der Waals surface area (Å²) in [7, 11) is 0. The van der Waals surface area contributed by atoms with E-state index in [1.165, 1.54) is 12.8 Å². The largest absolute Gasteiger partial charge is 0.491 e. The maximum atomic E-state index is 11.2. The Hall–Kier alpha value is -1.42. The molecule has 1 fully saturated rings. The van der Waals surface area contributed by atoms with Crippen molar-refractivity contribution >= 4 is 6.29 Å². The maximum absolute atomic E-state index is 11.2. The molecule has 0 spiro atoms. The monoisotopic (exact) mass is 319 g/mol. The fourth-order valence-electron chi connectivity index (χ4n) is 3.88. The fourth-order valence-corrected chi connectivity index (χ4v) is 3.88. The van der Waals surface area contributed by atoms with Gasteiger partial charge in [0.15, 0.2) is 6.29 Å². The van der Waals surface area contributed by atoms with Crippen LogP contribution >= 0.6 is 0 Å². The van der Waals surface area contributed by atoms with Crippen LogP contribution in [-0.2, 0) is 0 Å². The van der Waals surface area contributed by atoms with Gasteiger partial charge in [0, 0.05) is 5.69 Å². The molecule has 4 nitrogen and oxygen atoms in total. The number of pyridine rings is 1. The zero-order valence-electron chi connectivity index (χ0n) is 14.5. The van der Waals surface area contributed by atoms with Crippen molar-refractivity contribution in [2.45, 2.75) is 64.9 Å². The molecule has 4 heteroatoms. The van der Waals surface area contributed by atoms with Crippen molar-refractivity contribution in [2.75, 3.05) is 6.61 Å². The van der Waals surface area contributed by atoms with E-state index in [2.05, 4.69) is 11.9 Å². The van der Waals surface area contributed by atoms with Crippen LogP contribution in [0, 0.1) is 18.8 Å². The van der Waals surface area contributed by atoms with E-state index in [1.807, 2.05) is 26.0 Å². The number of nitrogens with zero attached hydrogens (tertiary/aromatic N) is 1. The van der Waals surface area contributed by atoms with Gasteiger partial charge in [-0.25, -0.2) is 4.98 Å². The number of hydrogen-bond acceptors (Lipinski definition) is 4. The number of aldehydes is 1. The van der Waals surface area contributed by atoms with Crippen LogP contribution in [0.4, 0.5) is 0 Å². The lowest BCUT2D eigenvalue weighted by atomic mass is 9.69. The molecule has 1 heterocycles. The minimum Gasteiger partial charge on any atom is -0.491 e. The van der Waals surface area contributed by atoms with Gasteiger partial charge in [-0.2, -0.15) is 0 Å². The van der Waals surface area contributed by atoms with Crippen molar-refractivity contribution in [3.8, 4) is 5.75 Å². The van der Waals surface area contributed by atoms with Crippen molar-refractivity contribution in [1.82, 2.24) is 4.98 Å². The molecule has 3 atom stereocenters. The van der Waals surface area contributed by atoms with Crippen molar-refractivity contribution in [3.05, 3.63) is 23.5 Å². The third-order valence-corrected chi connectivity index (χ3v) is 5.05. The van der Waals surface area contributed by atoms with Crippen molar-refractivity contribution < 1.29 is 14.6 Å². The minimum atomic E-state index is -0.637. The Morgan fingerprint density at radius 3 is 2.83 bits per heavy atom. The van der Waals surface area contributed by atoms with Crippen molar-refractivity contribution in [1.29, 1.82) is 0 Å². The Balaban J connectivity index is 2.06. The molecule has 0 bridgehead atoms. The second kappa shape index (κ2) is 7.91. The van der Waals surface area contributed by atoms with E-state index < -0.39 is 5.60 Å². The molecule has 1 aliphatic carbocycles. The van der Waals surface area contributed by atoms with Crippen LogP contribution in [0.25, 0.3) is 0 Å². The molecule has 23 heavy (non-hydrogen) atoms. The van der Waals surface area contributed by atoms with E-state index in [9.17, 15) is 9.90 Å². The highest BCUT2D eigenvalue weighted by molar-refractivity contribution is 5.76. The second-order valence-corrected chi connectivity index (χ2v) is 7.02. The van der Waals surface area contributed by atoms with Crippen LogP contribution in [0.5, 0.6) is 5.75 Å². The van der Waals surface area contributed by atoms with Crippen LogP contribution in [0.15, 0.2) is 12.1 Å². The van der Waals surface area contributed by atoms with E-state index in [-0.39, 0.29) is 5.92 Å². The van der Waals surface area contributed by atoms with Crippen LogP contribution in [0.2, 0.25) is 0 Å². The van der Waals surface area contributed by atoms with Gasteiger partial charge in [-0.3, -0.25) is 4.79 Å². The Labute approximate surface area is 139 Å². The summed E-state index contributed by atoms with van der Waals surface area (Å²) in [6.45, 7) is 6.47. The second-order valence-electron chi connectivity index (χ2n) is 7.02. The lowest BCUT2D eigenvalue weighted by Gasteiger charge is -2.41. The number of ether oxygens (including phenoxy) is 1. The highest BCUT2D eigenvalue weighted by Gasteiger charge is 2.38. The smallest absolute Gasteiger partial charge is 0.172 e. The number of carbonyl (C=O) groups is 1. The van der Waals surface area contributed by atoms with Gasteiger partial charge in [-0.1, -0.05) is 26.2 Å². The first-order valence-electron chi connectivity index (χ1n) is 8.76. The van der Waals surface area contributed by atoms with Gasteiger partial charge in [0.05, 0.1) is 12.2 Å². The molecule has 0 aliphatic heterocycles. The normalized spacial score (nSPS) is 24.0. The Morgan fingerprint density at radius 2 is 2.13 bits per heavy atom. The molecule has 1 aliphatic rings. The molecule has 1 aromatic rings. The maximum Gasteiger partial charge on any atom is 0.172 e. The number of hydrogen-bond donors (Lipinski definition) is 1. The van der Waals surface area contributed by atoms with E-state index in [0.29, 0.717) is 24.0 Å². The first-order chi connectivity index (χ1) is 11.0. The average Bonchev–Trinajstić information content (AvgIpc) is 2.53. The van der Waals surface area contributed by atoms with Gasteiger partial charge >= 0.3 is 0 Å². The van der Waals surface area contributed by atoms with Crippen LogP contribution in [0.3, 0.4) is 0 Å². The SMILES string of the molecule is CCCC(C)(O)C1CCCCC1COc1ccc(C)nc1C=O. The first-order valence-corrected chi connectivity index (χ1v) is 8.76. The third kappa shape index (κ3) is 4.54. The van der Waals surface area contributed by atoms with Crippen LogP contribution < -0.4 is 4.74 Å². The molecule has 0 amide bonds. The standard InChI is InChI=1S/C19H29NO3/c1-4-11-19(3,22)16-8-6-5-7-15(16)13-23-18-10-9-14(2)20-17(18)12-21/h9-10,12,15-16,22H,4-8,11,13H2,1-3H3. The van der Waals surface area contributed by atoms with Gasteiger partial charge in [0.2, 0.25) is 0 Å². The number of aliphatic hydroxyl groups is 1. The summed E-state index contributed by atoms with van der Waals surface area (Å²) in [6.07, 6.45) is 7.02. The van der Waals surface area contributed by atoms with Crippen molar-refractivity contribution in [2.24, 2.45) is 11.8 Å². The Bertz CT molecular complexity index is 527. The number of carbonyl (C=O) groups excluding carboxylic acids is 1. The summed E-state index contributed by atoms with van der Waals surface area (Å²) in [6, 6.07) is 3.67. The predicted molar refractivity (Wildman–Crippen MR) is 90.8 cm³/mol. The molecule has 1 N–H and O–H groups in total. The fraction of sp³-hybridized carbons (Fsp3) is 0.684. The molecule has 1 saturated carbocycles. The van der Waals surface area contributed by atoms with Gasteiger partial charge in [0.1, 0.15) is 11.4 Å². The average molecular weight is 319 g/mol. The van der Waals surface area contributed by atoms with Gasteiger partial charge in [-0.05, 0) is 57.1 Å². The zero-order valence-corrected chi connectivity index (χ0v) is 14.5. The molecule has 0 saturated heterocycles. The first kappa shape index (κ1) is 17.9. The number of aromatic nitrogens is 1. The summed E-state index contributed by atoms with van der Waals surface area (Å²) in [5.41, 5.74) is 0.529. The molecular weight excluding hydrogens is 290 g/mol. The summed E-state index contributed by atoms with van der Waals surface area (Å²) in [5, 5.41) is 10.8. The Kier molecular flexibility index (Phi) is 6.17. The molecule has 2 rings (SSSR count). The molecule has 3 unspecified atom stereocenters. The quantitative estimate of drug-likeness (QED) is 0.773. The lowest BCUT2D eigenvalue weighted by Crippen LogP contribution is -2.42. The van der Waals surface area contributed by atoms with Gasteiger partial charge < -0.3 is 9.84 Å². The lowest BCUT2D eigenvalue weighted by molar-refractivity contribution is -0.0579. The molecule has 1 aromatic heterocycles. The van der Waals surface area contributed by atoms with Gasteiger partial charge in [-0.15, -0.1) is 0 Å².